The van der Waals surface area contributed by atoms with Crippen molar-refractivity contribution in [2.75, 3.05) is 18.5 Å². The Hall–Kier alpha value is -1.67. The van der Waals surface area contributed by atoms with E-state index in [0.717, 1.165) is 24.1 Å². The standard InChI is InChI=1S/C20H30N2O5/c1-5-6-11-24-16-15(25-18-17(16)26-20(3,4)27-18)12-21-19(23)22-14-9-7-13(2)8-10-14/h7-10,15-18H,5-6,11-12H2,1-4H3,(H2,21,22,23)/t15-,16-,17-,18-/m1/s1. The molecule has 3 rings (SSSR count). The summed E-state index contributed by atoms with van der Waals surface area (Å²) in [6, 6.07) is 7.35. The molecule has 0 aliphatic carbocycles. The maximum Gasteiger partial charge on any atom is 0.319 e. The van der Waals surface area contributed by atoms with E-state index in [9.17, 15) is 4.79 Å². The van der Waals surface area contributed by atoms with E-state index in [4.69, 9.17) is 18.9 Å². The molecule has 2 N–H and O–H groups in total. The summed E-state index contributed by atoms with van der Waals surface area (Å²) in [6.45, 7) is 8.78. The first kappa shape index (κ1) is 20.1. The highest BCUT2D eigenvalue weighted by Gasteiger charge is 2.55. The molecule has 27 heavy (non-hydrogen) atoms. The van der Waals surface area contributed by atoms with Crippen molar-refractivity contribution in [2.45, 2.75) is 70.9 Å². The molecule has 4 atom stereocenters. The molecular weight excluding hydrogens is 348 g/mol. The summed E-state index contributed by atoms with van der Waals surface area (Å²) < 4.78 is 23.8. The fourth-order valence-electron chi connectivity index (χ4n) is 3.28. The van der Waals surface area contributed by atoms with Crippen molar-refractivity contribution in [3.05, 3.63) is 29.8 Å². The van der Waals surface area contributed by atoms with Crippen molar-refractivity contribution in [1.29, 1.82) is 0 Å². The van der Waals surface area contributed by atoms with Gasteiger partial charge in [0.25, 0.3) is 0 Å². The minimum atomic E-state index is -0.692. The molecule has 2 aliphatic heterocycles. The Morgan fingerprint density at radius 3 is 2.67 bits per heavy atom. The van der Waals surface area contributed by atoms with Crippen molar-refractivity contribution in [1.82, 2.24) is 5.32 Å². The Labute approximate surface area is 160 Å². The molecule has 2 fully saturated rings. The van der Waals surface area contributed by atoms with Crippen LogP contribution in [-0.4, -0.2) is 49.6 Å². The van der Waals surface area contributed by atoms with Crippen LogP contribution in [0, 0.1) is 6.92 Å². The lowest BCUT2D eigenvalue weighted by molar-refractivity contribution is -0.217. The maximum atomic E-state index is 12.2. The topological polar surface area (TPSA) is 78.1 Å². The van der Waals surface area contributed by atoms with Crippen LogP contribution in [0.2, 0.25) is 0 Å². The zero-order valence-electron chi connectivity index (χ0n) is 16.5. The highest BCUT2D eigenvalue weighted by Crippen LogP contribution is 2.38. The Morgan fingerprint density at radius 2 is 1.96 bits per heavy atom. The first-order valence-corrected chi connectivity index (χ1v) is 9.62. The lowest BCUT2D eigenvalue weighted by Gasteiger charge is -2.26. The van der Waals surface area contributed by atoms with Crippen molar-refractivity contribution < 1.29 is 23.7 Å². The third-order valence-corrected chi connectivity index (χ3v) is 4.67. The van der Waals surface area contributed by atoms with Gasteiger partial charge in [0.1, 0.15) is 18.3 Å². The second-order valence-electron chi connectivity index (χ2n) is 7.53. The number of carbonyl (C=O) groups excluding carboxylic acids is 1. The average molecular weight is 378 g/mol. The largest absolute Gasteiger partial charge is 0.373 e. The fraction of sp³-hybridized carbons (Fsp3) is 0.650. The van der Waals surface area contributed by atoms with Crippen molar-refractivity contribution in [2.24, 2.45) is 0 Å². The van der Waals surface area contributed by atoms with Crippen LogP contribution in [0.15, 0.2) is 24.3 Å². The van der Waals surface area contributed by atoms with Crippen molar-refractivity contribution >= 4 is 11.7 Å². The van der Waals surface area contributed by atoms with Crippen LogP contribution in [0.25, 0.3) is 0 Å². The Bertz CT molecular complexity index is 634. The molecule has 2 aliphatic rings. The summed E-state index contributed by atoms with van der Waals surface area (Å²) in [5, 5.41) is 5.67. The number of hydrogen-bond acceptors (Lipinski definition) is 5. The Balaban J connectivity index is 1.54. The molecule has 2 amide bonds. The van der Waals surface area contributed by atoms with Gasteiger partial charge >= 0.3 is 6.03 Å². The van der Waals surface area contributed by atoms with Gasteiger partial charge in [0.05, 0.1) is 0 Å². The maximum absolute atomic E-state index is 12.2. The quantitative estimate of drug-likeness (QED) is 0.713. The van der Waals surface area contributed by atoms with Crippen LogP contribution >= 0.6 is 0 Å². The average Bonchev–Trinajstić information content (AvgIpc) is 3.07. The number of aryl methyl sites for hydroxylation is 1. The lowest BCUT2D eigenvalue weighted by Crippen LogP contribution is -2.44. The molecule has 0 saturated carbocycles. The van der Waals surface area contributed by atoms with E-state index in [1.165, 1.54) is 0 Å². The highest BCUT2D eigenvalue weighted by molar-refractivity contribution is 5.89. The second kappa shape index (κ2) is 8.56. The molecule has 1 aromatic rings. The number of anilines is 1. The molecule has 2 saturated heterocycles. The summed E-state index contributed by atoms with van der Waals surface area (Å²) in [5.74, 6) is -0.692. The molecule has 0 aromatic heterocycles. The number of ether oxygens (including phenoxy) is 4. The third kappa shape index (κ3) is 5.19. The van der Waals surface area contributed by atoms with Crippen molar-refractivity contribution in [3.63, 3.8) is 0 Å². The molecular formula is C20H30N2O5. The first-order valence-electron chi connectivity index (χ1n) is 9.62. The molecule has 0 spiro atoms. The van der Waals surface area contributed by atoms with E-state index in [1.807, 2.05) is 45.0 Å². The minimum absolute atomic E-state index is 0.275. The van der Waals surface area contributed by atoms with Gasteiger partial charge in [-0.05, 0) is 39.3 Å². The zero-order valence-corrected chi connectivity index (χ0v) is 16.5. The molecule has 2 heterocycles. The number of fused-ring (bicyclic) bond motifs is 1. The highest BCUT2D eigenvalue weighted by atomic mass is 16.8. The monoisotopic (exact) mass is 378 g/mol. The van der Waals surface area contributed by atoms with Gasteiger partial charge in [-0.25, -0.2) is 4.79 Å². The zero-order chi connectivity index (χ0) is 19.4. The number of amides is 2. The predicted octanol–water partition coefficient (Wildman–Crippen LogP) is 3.18. The van der Waals surface area contributed by atoms with Gasteiger partial charge in [-0.1, -0.05) is 31.0 Å². The third-order valence-electron chi connectivity index (χ3n) is 4.67. The molecule has 7 nitrogen and oxygen atoms in total. The van der Waals surface area contributed by atoms with Crippen molar-refractivity contribution in [3.8, 4) is 0 Å². The number of rotatable bonds is 7. The molecule has 1 aromatic carbocycles. The summed E-state index contributed by atoms with van der Waals surface area (Å²) >= 11 is 0. The van der Waals surface area contributed by atoms with E-state index in [-0.39, 0.29) is 24.3 Å². The van der Waals surface area contributed by atoms with E-state index in [2.05, 4.69) is 17.6 Å². The normalized spacial score (nSPS) is 28.7. The molecule has 0 bridgehead atoms. The molecule has 0 unspecified atom stereocenters. The molecule has 0 radical (unpaired) electrons. The SMILES string of the molecule is CCCCO[C@H]1[C@H]2OC(C)(C)O[C@H]2O[C@@H]1CNC(=O)Nc1ccc(C)cc1. The van der Waals surface area contributed by atoms with Gasteiger partial charge in [-0.2, -0.15) is 0 Å². The van der Waals surface area contributed by atoms with Crippen LogP contribution in [0.4, 0.5) is 10.5 Å². The Morgan fingerprint density at radius 1 is 1.22 bits per heavy atom. The van der Waals surface area contributed by atoms with Crippen LogP contribution in [0.3, 0.4) is 0 Å². The van der Waals surface area contributed by atoms with Gasteiger partial charge in [0.2, 0.25) is 0 Å². The van der Waals surface area contributed by atoms with Gasteiger partial charge in [0.15, 0.2) is 12.1 Å². The van der Waals surface area contributed by atoms with E-state index in [0.29, 0.717) is 13.2 Å². The predicted molar refractivity (Wildman–Crippen MR) is 102 cm³/mol. The number of nitrogens with one attached hydrogen (secondary N) is 2. The van der Waals surface area contributed by atoms with Gasteiger partial charge in [-0.15, -0.1) is 0 Å². The first-order chi connectivity index (χ1) is 12.9. The van der Waals surface area contributed by atoms with Gasteiger partial charge in [0, 0.05) is 18.8 Å². The smallest absolute Gasteiger partial charge is 0.319 e. The fourth-order valence-corrected chi connectivity index (χ4v) is 3.28. The summed E-state index contributed by atoms with van der Waals surface area (Å²) in [7, 11) is 0. The van der Waals surface area contributed by atoms with Crippen LogP contribution in [0.1, 0.15) is 39.2 Å². The summed E-state index contributed by atoms with van der Waals surface area (Å²) in [5.41, 5.74) is 1.88. The van der Waals surface area contributed by atoms with Crippen LogP contribution in [-0.2, 0) is 18.9 Å². The van der Waals surface area contributed by atoms with E-state index >= 15 is 0 Å². The Kier molecular flexibility index (Phi) is 6.37. The minimum Gasteiger partial charge on any atom is -0.373 e. The number of carbonyl (C=O) groups is 1. The number of unbranched alkanes of at least 4 members (excludes halogenated alkanes) is 1. The van der Waals surface area contributed by atoms with E-state index < -0.39 is 12.1 Å². The molecule has 7 heteroatoms. The number of urea groups is 1. The summed E-state index contributed by atoms with van der Waals surface area (Å²) in [6.07, 6.45) is 0.653. The van der Waals surface area contributed by atoms with Crippen LogP contribution < -0.4 is 10.6 Å². The van der Waals surface area contributed by atoms with Gasteiger partial charge in [-0.3, -0.25) is 0 Å². The summed E-state index contributed by atoms with van der Waals surface area (Å²) in [4.78, 5) is 12.2. The van der Waals surface area contributed by atoms with Gasteiger partial charge < -0.3 is 29.6 Å². The number of benzene rings is 1. The second-order valence-corrected chi connectivity index (χ2v) is 7.53. The number of hydrogen-bond donors (Lipinski definition) is 2. The molecule has 150 valence electrons. The van der Waals surface area contributed by atoms with E-state index in [1.54, 1.807) is 0 Å². The van der Waals surface area contributed by atoms with Crippen LogP contribution in [0.5, 0.6) is 0 Å². The lowest BCUT2D eigenvalue weighted by atomic mass is 10.1.